The van der Waals surface area contributed by atoms with Crippen LogP contribution in [-0.4, -0.2) is 12.2 Å². The molecule has 0 heterocycles. The van der Waals surface area contributed by atoms with E-state index in [9.17, 15) is 4.39 Å². The van der Waals surface area contributed by atoms with Crippen molar-refractivity contribution in [1.82, 2.24) is 5.32 Å². The Labute approximate surface area is 86.8 Å². The van der Waals surface area contributed by atoms with Crippen LogP contribution in [0.3, 0.4) is 0 Å². The molecule has 14 heavy (non-hydrogen) atoms. The first-order valence-corrected chi connectivity index (χ1v) is 5.53. The molecular formula is C12H22FN. The maximum absolute atomic E-state index is 13.8. The van der Waals surface area contributed by atoms with E-state index in [1.54, 1.807) is 13.0 Å². The highest BCUT2D eigenvalue weighted by atomic mass is 19.1. The molecule has 0 aromatic carbocycles. The molecule has 0 radical (unpaired) electrons. The molecule has 0 unspecified atom stereocenters. The van der Waals surface area contributed by atoms with Gasteiger partial charge in [-0.1, -0.05) is 20.8 Å². The second-order valence-electron chi connectivity index (χ2n) is 5.24. The molecule has 1 N–H and O–H groups in total. The van der Waals surface area contributed by atoms with E-state index < -0.39 is 5.67 Å². The molecule has 0 spiro atoms. The SMILES string of the molecule is CC(C)CNC1=C[C@](C)(F)C[C@@H](C)C1. The zero-order chi connectivity index (χ0) is 10.8. The normalized spacial score (nSPS) is 33.0. The van der Waals surface area contributed by atoms with Crippen LogP contribution in [0.5, 0.6) is 0 Å². The first kappa shape index (κ1) is 11.5. The average molecular weight is 199 g/mol. The first-order valence-electron chi connectivity index (χ1n) is 5.53. The third-order valence-electron chi connectivity index (χ3n) is 2.53. The van der Waals surface area contributed by atoms with Gasteiger partial charge in [0.15, 0.2) is 0 Å². The summed E-state index contributed by atoms with van der Waals surface area (Å²) in [6, 6.07) is 0. The lowest BCUT2D eigenvalue weighted by molar-refractivity contribution is 0.191. The van der Waals surface area contributed by atoms with Crippen LogP contribution in [0.2, 0.25) is 0 Å². The molecule has 2 atom stereocenters. The Morgan fingerprint density at radius 3 is 2.79 bits per heavy atom. The Morgan fingerprint density at radius 2 is 2.29 bits per heavy atom. The summed E-state index contributed by atoms with van der Waals surface area (Å²) in [6.45, 7) is 9.04. The quantitative estimate of drug-likeness (QED) is 0.735. The van der Waals surface area contributed by atoms with Crippen molar-refractivity contribution in [2.45, 2.75) is 46.2 Å². The van der Waals surface area contributed by atoms with Gasteiger partial charge in [0.1, 0.15) is 5.67 Å². The van der Waals surface area contributed by atoms with Gasteiger partial charge < -0.3 is 5.32 Å². The van der Waals surface area contributed by atoms with Gasteiger partial charge in [0.25, 0.3) is 0 Å². The molecule has 0 saturated carbocycles. The predicted molar refractivity (Wildman–Crippen MR) is 58.8 cm³/mol. The van der Waals surface area contributed by atoms with Gasteiger partial charge in [0.05, 0.1) is 0 Å². The van der Waals surface area contributed by atoms with Gasteiger partial charge in [0.2, 0.25) is 0 Å². The molecule has 0 aliphatic heterocycles. The second kappa shape index (κ2) is 4.33. The van der Waals surface area contributed by atoms with Crippen LogP contribution in [0, 0.1) is 11.8 Å². The molecular weight excluding hydrogens is 177 g/mol. The van der Waals surface area contributed by atoms with Crippen molar-refractivity contribution in [3.05, 3.63) is 11.8 Å². The molecule has 0 amide bonds. The number of rotatable bonds is 3. The van der Waals surface area contributed by atoms with Crippen LogP contribution in [0.1, 0.15) is 40.5 Å². The fraction of sp³-hybridized carbons (Fsp3) is 0.833. The van der Waals surface area contributed by atoms with Crippen LogP contribution < -0.4 is 5.32 Å². The second-order valence-corrected chi connectivity index (χ2v) is 5.24. The highest BCUT2D eigenvalue weighted by Crippen LogP contribution is 2.32. The van der Waals surface area contributed by atoms with Gasteiger partial charge >= 0.3 is 0 Å². The number of alkyl halides is 1. The first-order chi connectivity index (χ1) is 6.39. The summed E-state index contributed by atoms with van der Waals surface area (Å²) in [4.78, 5) is 0. The molecule has 1 aliphatic rings. The summed E-state index contributed by atoms with van der Waals surface area (Å²) in [7, 11) is 0. The number of hydrogen-bond acceptors (Lipinski definition) is 1. The Morgan fingerprint density at radius 1 is 1.64 bits per heavy atom. The topological polar surface area (TPSA) is 12.0 Å². The molecule has 0 fully saturated rings. The summed E-state index contributed by atoms with van der Waals surface area (Å²) < 4.78 is 13.8. The fourth-order valence-electron chi connectivity index (χ4n) is 2.07. The van der Waals surface area contributed by atoms with E-state index in [2.05, 4.69) is 26.1 Å². The third-order valence-corrected chi connectivity index (χ3v) is 2.53. The highest BCUT2D eigenvalue weighted by Gasteiger charge is 2.29. The van der Waals surface area contributed by atoms with E-state index in [1.165, 1.54) is 0 Å². The lowest BCUT2D eigenvalue weighted by atomic mass is 9.85. The minimum absolute atomic E-state index is 0.449. The fourth-order valence-corrected chi connectivity index (χ4v) is 2.07. The minimum Gasteiger partial charge on any atom is -0.388 e. The minimum atomic E-state index is -1.11. The summed E-state index contributed by atoms with van der Waals surface area (Å²) >= 11 is 0. The Hall–Kier alpha value is -0.530. The maximum Gasteiger partial charge on any atom is 0.128 e. The zero-order valence-corrected chi connectivity index (χ0v) is 9.73. The van der Waals surface area contributed by atoms with E-state index >= 15 is 0 Å². The number of allylic oxidation sites excluding steroid dienone is 2. The van der Waals surface area contributed by atoms with Crippen LogP contribution in [-0.2, 0) is 0 Å². The molecule has 0 saturated heterocycles. The van der Waals surface area contributed by atoms with Crippen molar-refractivity contribution >= 4 is 0 Å². The van der Waals surface area contributed by atoms with Crippen LogP contribution in [0.25, 0.3) is 0 Å². The van der Waals surface area contributed by atoms with Crippen LogP contribution in [0.15, 0.2) is 11.8 Å². The smallest absolute Gasteiger partial charge is 0.128 e. The molecule has 0 aromatic heterocycles. The van der Waals surface area contributed by atoms with Crippen LogP contribution in [0.4, 0.5) is 4.39 Å². The Bertz CT molecular complexity index is 218. The van der Waals surface area contributed by atoms with Crippen LogP contribution >= 0.6 is 0 Å². The Balaban J connectivity index is 2.55. The lowest BCUT2D eigenvalue weighted by Gasteiger charge is -2.29. The lowest BCUT2D eigenvalue weighted by Crippen LogP contribution is -2.30. The zero-order valence-electron chi connectivity index (χ0n) is 9.73. The van der Waals surface area contributed by atoms with Gasteiger partial charge in [-0.2, -0.15) is 0 Å². The number of nitrogens with one attached hydrogen (secondary N) is 1. The van der Waals surface area contributed by atoms with Gasteiger partial charge in [0, 0.05) is 12.2 Å². The molecule has 2 heteroatoms. The van der Waals surface area contributed by atoms with Crippen molar-refractivity contribution in [2.24, 2.45) is 11.8 Å². The van der Waals surface area contributed by atoms with Crippen molar-refractivity contribution in [1.29, 1.82) is 0 Å². The van der Waals surface area contributed by atoms with E-state index in [1.807, 2.05) is 0 Å². The summed E-state index contributed by atoms with van der Waals surface area (Å²) in [6.07, 6.45) is 3.40. The van der Waals surface area contributed by atoms with Crippen molar-refractivity contribution in [2.75, 3.05) is 6.54 Å². The molecule has 0 bridgehead atoms. The number of hydrogen-bond donors (Lipinski definition) is 1. The monoisotopic (exact) mass is 199 g/mol. The van der Waals surface area contributed by atoms with E-state index in [0.29, 0.717) is 18.3 Å². The van der Waals surface area contributed by atoms with E-state index in [-0.39, 0.29) is 0 Å². The molecule has 82 valence electrons. The van der Waals surface area contributed by atoms with Gasteiger partial charge in [-0.05, 0) is 37.7 Å². The summed E-state index contributed by atoms with van der Waals surface area (Å²) in [5.74, 6) is 1.06. The standard InChI is InChI=1S/C12H22FN/c1-9(2)8-14-11-5-10(3)6-12(4,13)7-11/h7,9-10,14H,5-6,8H2,1-4H3/t10-,12+/m0/s1. The number of halogens is 1. The Kier molecular flexibility index (Phi) is 3.57. The average Bonchev–Trinajstić information content (AvgIpc) is 1.96. The van der Waals surface area contributed by atoms with Gasteiger partial charge in [-0.3, -0.25) is 0 Å². The molecule has 1 nitrogen and oxygen atoms in total. The molecule has 1 rings (SSSR count). The van der Waals surface area contributed by atoms with Gasteiger partial charge in [-0.15, -0.1) is 0 Å². The predicted octanol–water partition coefficient (Wildman–Crippen LogP) is 3.27. The summed E-state index contributed by atoms with van der Waals surface area (Å²) in [5, 5.41) is 3.33. The third kappa shape index (κ3) is 3.69. The maximum atomic E-state index is 13.8. The van der Waals surface area contributed by atoms with E-state index in [4.69, 9.17) is 0 Å². The van der Waals surface area contributed by atoms with Crippen molar-refractivity contribution < 1.29 is 4.39 Å². The highest BCUT2D eigenvalue weighted by molar-refractivity contribution is 5.13. The van der Waals surface area contributed by atoms with Crippen molar-refractivity contribution in [3.63, 3.8) is 0 Å². The van der Waals surface area contributed by atoms with Crippen molar-refractivity contribution in [3.8, 4) is 0 Å². The largest absolute Gasteiger partial charge is 0.388 e. The molecule has 0 aromatic rings. The van der Waals surface area contributed by atoms with Gasteiger partial charge in [-0.25, -0.2) is 4.39 Å². The summed E-state index contributed by atoms with van der Waals surface area (Å²) in [5.41, 5.74) is -0.0285. The van der Waals surface area contributed by atoms with E-state index in [0.717, 1.165) is 18.7 Å². The molecule has 1 aliphatic carbocycles.